The normalized spacial score (nSPS) is 15.7. The fraction of sp³-hybridized carbons (Fsp3) is 0.750. The van der Waals surface area contributed by atoms with E-state index < -0.39 is 47.9 Å². The van der Waals surface area contributed by atoms with E-state index in [0.717, 1.165) is 0 Å². The number of aliphatic hydroxyl groups excluding tert-OH is 1. The molecule has 0 aliphatic rings. The number of carboxylic acids is 1. The molecule has 150 valence electrons. The summed E-state index contributed by atoms with van der Waals surface area (Å²) in [5.74, 6) is -3.97. The van der Waals surface area contributed by atoms with Gasteiger partial charge in [0.15, 0.2) is 0 Å². The molecule has 0 aromatic carbocycles. The Morgan fingerprint density at radius 1 is 0.808 bits per heavy atom. The van der Waals surface area contributed by atoms with Crippen LogP contribution in [0.25, 0.3) is 0 Å². The van der Waals surface area contributed by atoms with Crippen molar-refractivity contribution in [1.29, 1.82) is 0 Å². The van der Waals surface area contributed by atoms with E-state index in [-0.39, 0.29) is 18.4 Å². The van der Waals surface area contributed by atoms with Gasteiger partial charge in [0.25, 0.3) is 0 Å². The number of carbonyl (C=O) groups excluding carboxylic acids is 3. The smallest absolute Gasteiger partial charge is 0.326 e. The molecule has 0 bridgehead atoms. The van der Waals surface area contributed by atoms with Crippen LogP contribution in [-0.2, 0) is 19.2 Å². The van der Waals surface area contributed by atoms with E-state index in [9.17, 15) is 29.4 Å². The van der Waals surface area contributed by atoms with Crippen LogP contribution in [0.1, 0.15) is 34.6 Å². The monoisotopic (exact) mass is 374 g/mol. The van der Waals surface area contributed by atoms with Crippen molar-refractivity contribution < 1.29 is 29.4 Å². The molecule has 0 saturated carbocycles. The topological polar surface area (TPSA) is 171 Å². The molecule has 0 aromatic heterocycles. The molecule has 7 N–H and O–H groups in total. The number of nitrogens with two attached hydrogens (primary N) is 1. The second-order valence-electron chi connectivity index (χ2n) is 6.79. The molecule has 26 heavy (non-hydrogen) atoms. The summed E-state index contributed by atoms with van der Waals surface area (Å²) in [6.07, 6.45) is -1.22. The number of hydrogen-bond donors (Lipinski definition) is 6. The van der Waals surface area contributed by atoms with Gasteiger partial charge >= 0.3 is 5.97 Å². The summed E-state index contributed by atoms with van der Waals surface area (Å²) in [6, 6.07) is -3.44. The van der Waals surface area contributed by atoms with Crippen molar-refractivity contribution in [3.05, 3.63) is 0 Å². The third kappa shape index (κ3) is 7.36. The van der Waals surface area contributed by atoms with Crippen LogP contribution < -0.4 is 21.7 Å². The third-order valence-corrected chi connectivity index (χ3v) is 3.74. The largest absolute Gasteiger partial charge is 0.480 e. The average molecular weight is 374 g/mol. The molecule has 0 heterocycles. The molecular weight excluding hydrogens is 344 g/mol. The van der Waals surface area contributed by atoms with Crippen molar-refractivity contribution in [2.45, 2.75) is 58.8 Å². The quantitative estimate of drug-likeness (QED) is 0.261. The number of nitrogens with one attached hydrogen (secondary N) is 3. The van der Waals surface area contributed by atoms with E-state index in [1.165, 1.54) is 6.92 Å². The van der Waals surface area contributed by atoms with Gasteiger partial charge in [-0.2, -0.15) is 0 Å². The second kappa shape index (κ2) is 10.7. The third-order valence-electron chi connectivity index (χ3n) is 3.74. The highest BCUT2D eigenvalue weighted by Gasteiger charge is 2.33. The first kappa shape index (κ1) is 23.8. The number of hydrogen-bond acceptors (Lipinski definition) is 6. The minimum absolute atomic E-state index is 0.353. The summed E-state index contributed by atoms with van der Waals surface area (Å²) >= 11 is 0. The van der Waals surface area contributed by atoms with Crippen LogP contribution in [0.5, 0.6) is 0 Å². The van der Waals surface area contributed by atoms with Crippen molar-refractivity contribution in [2.24, 2.45) is 17.6 Å². The summed E-state index contributed by atoms with van der Waals surface area (Å²) < 4.78 is 0. The van der Waals surface area contributed by atoms with Crippen LogP contribution in [0.3, 0.4) is 0 Å². The van der Waals surface area contributed by atoms with E-state index in [0.29, 0.717) is 0 Å². The van der Waals surface area contributed by atoms with Gasteiger partial charge < -0.3 is 31.9 Å². The van der Waals surface area contributed by atoms with E-state index in [1.807, 2.05) is 0 Å². The van der Waals surface area contributed by atoms with Gasteiger partial charge in [-0.05, 0) is 18.8 Å². The predicted octanol–water partition coefficient (Wildman–Crippen LogP) is -1.82. The van der Waals surface area contributed by atoms with Crippen LogP contribution in [0, 0.1) is 11.8 Å². The maximum Gasteiger partial charge on any atom is 0.326 e. The first-order valence-electron chi connectivity index (χ1n) is 8.43. The lowest BCUT2D eigenvalue weighted by Gasteiger charge is -2.28. The molecule has 0 aromatic rings. The Morgan fingerprint density at radius 3 is 1.58 bits per heavy atom. The first-order valence-corrected chi connectivity index (χ1v) is 8.43. The molecule has 10 heteroatoms. The van der Waals surface area contributed by atoms with Gasteiger partial charge in [-0.3, -0.25) is 14.4 Å². The lowest BCUT2D eigenvalue weighted by Crippen LogP contribution is -2.60. The first-order chi connectivity index (χ1) is 11.9. The molecule has 0 rings (SSSR count). The van der Waals surface area contributed by atoms with Crippen LogP contribution in [0.15, 0.2) is 0 Å². The zero-order valence-corrected chi connectivity index (χ0v) is 15.8. The van der Waals surface area contributed by atoms with Crippen LogP contribution in [0.4, 0.5) is 0 Å². The molecule has 3 amide bonds. The van der Waals surface area contributed by atoms with Gasteiger partial charge in [0, 0.05) is 0 Å². The summed E-state index contributed by atoms with van der Waals surface area (Å²) in [7, 11) is 0. The highest BCUT2D eigenvalue weighted by atomic mass is 16.4. The summed E-state index contributed by atoms with van der Waals surface area (Å²) in [4.78, 5) is 47.5. The molecule has 0 saturated heterocycles. The SMILES string of the molecule is CC(C)C(NC(=O)C(NC(=O)C(NC(=O)CN)C(C)O)C(C)C)C(=O)O. The average Bonchev–Trinajstić information content (AvgIpc) is 2.53. The van der Waals surface area contributed by atoms with Crippen molar-refractivity contribution in [1.82, 2.24) is 16.0 Å². The lowest BCUT2D eigenvalue weighted by atomic mass is 9.99. The van der Waals surface area contributed by atoms with Crippen molar-refractivity contribution in [2.75, 3.05) is 6.54 Å². The van der Waals surface area contributed by atoms with E-state index in [4.69, 9.17) is 5.73 Å². The number of carbonyl (C=O) groups is 4. The van der Waals surface area contributed by atoms with Gasteiger partial charge in [0.05, 0.1) is 12.6 Å². The Morgan fingerprint density at radius 2 is 1.23 bits per heavy atom. The lowest BCUT2D eigenvalue weighted by molar-refractivity contribution is -0.144. The molecule has 0 radical (unpaired) electrons. The Bertz CT molecular complexity index is 521. The van der Waals surface area contributed by atoms with Crippen molar-refractivity contribution in [3.63, 3.8) is 0 Å². The van der Waals surface area contributed by atoms with Crippen LogP contribution in [-0.4, -0.2) is 64.7 Å². The summed E-state index contributed by atoms with van der Waals surface area (Å²) in [5.41, 5.74) is 5.18. The number of carboxylic acid groups (broad SMARTS) is 1. The maximum absolute atomic E-state index is 12.5. The number of aliphatic carboxylic acids is 1. The molecule has 10 nitrogen and oxygen atoms in total. The number of aliphatic hydroxyl groups is 1. The molecule has 4 atom stereocenters. The van der Waals surface area contributed by atoms with Gasteiger partial charge in [0.2, 0.25) is 17.7 Å². The Hall–Kier alpha value is -2.20. The van der Waals surface area contributed by atoms with E-state index in [1.54, 1.807) is 27.7 Å². The summed E-state index contributed by atoms with van der Waals surface area (Å²) in [5, 5.41) is 26.0. The second-order valence-corrected chi connectivity index (χ2v) is 6.79. The zero-order chi connectivity index (χ0) is 20.6. The fourth-order valence-electron chi connectivity index (χ4n) is 2.17. The van der Waals surface area contributed by atoms with Crippen molar-refractivity contribution >= 4 is 23.7 Å². The molecule has 0 aliphatic heterocycles. The minimum atomic E-state index is -1.29. The van der Waals surface area contributed by atoms with Crippen LogP contribution in [0.2, 0.25) is 0 Å². The van der Waals surface area contributed by atoms with Gasteiger partial charge in [-0.1, -0.05) is 27.7 Å². The molecule has 0 fully saturated rings. The van der Waals surface area contributed by atoms with Gasteiger partial charge in [-0.25, -0.2) is 4.79 Å². The fourth-order valence-corrected chi connectivity index (χ4v) is 2.17. The molecule has 0 spiro atoms. The Labute approximate surface area is 152 Å². The Balaban J connectivity index is 5.25. The van der Waals surface area contributed by atoms with Crippen molar-refractivity contribution in [3.8, 4) is 0 Å². The molecule has 4 unspecified atom stereocenters. The van der Waals surface area contributed by atoms with Crippen LogP contribution >= 0.6 is 0 Å². The summed E-state index contributed by atoms with van der Waals surface area (Å²) in [6.45, 7) is 7.59. The maximum atomic E-state index is 12.5. The predicted molar refractivity (Wildman–Crippen MR) is 93.8 cm³/mol. The Kier molecular flexibility index (Phi) is 9.81. The van der Waals surface area contributed by atoms with E-state index >= 15 is 0 Å². The highest BCUT2D eigenvalue weighted by Crippen LogP contribution is 2.07. The minimum Gasteiger partial charge on any atom is -0.480 e. The zero-order valence-electron chi connectivity index (χ0n) is 15.8. The van der Waals surface area contributed by atoms with Gasteiger partial charge in [0.1, 0.15) is 18.1 Å². The standard InChI is InChI=1S/C16H30N4O6/c1-7(2)11(14(23)20-12(8(3)4)16(25)26)19-15(24)13(9(5)21)18-10(22)6-17/h7-9,11-13,21H,6,17H2,1-5H3,(H,18,22)(H,19,24)(H,20,23)(H,25,26). The number of amides is 3. The number of rotatable bonds is 10. The molecular formula is C16H30N4O6. The van der Waals surface area contributed by atoms with Gasteiger partial charge in [-0.15, -0.1) is 0 Å². The van der Waals surface area contributed by atoms with E-state index in [2.05, 4.69) is 16.0 Å². The highest BCUT2D eigenvalue weighted by molar-refractivity contribution is 5.94. The molecule has 0 aliphatic carbocycles.